The smallest absolute Gasteiger partial charge is 0.306 e. The molecule has 0 N–H and O–H groups in total. The number of allylic oxidation sites excluding steroid dienone is 18. The van der Waals surface area contributed by atoms with Gasteiger partial charge in [0.2, 0.25) is 0 Å². The van der Waals surface area contributed by atoms with Crippen molar-refractivity contribution < 1.29 is 28.6 Å². The molecule has 6 heteroatoms. The third kappa shape index (κ3) is 68.7. The molecule has 0 bridgehead atoms. The summed E-state index contributed by atoms with van der Waals surface area (Å²) < 4.78 is 17.0. The van der Waals surface area contributed by atoms with Crippen molar-refractivity contribution in [3.05, 3.63) is 109 Å². The van der Waals surface area contributed by atoms with Crippen LogP contribution in [0.3, 0.4) is 0 Å². The number of rotatable bonds is 64. The Kier molecular flexibility index (Phi) is 67.2. The lowest BCUT2D eigenvalue weighted by Crippen LogP contribution is -2.30. The molecular formula is C77H132O6. The summed E-state index contributed by atoms with van der Waals surface area (Å²) in [7, 11) is 0. The zero-order chi connectivity index (χ0) is 59.9. The number of esters is 3. The molecule has 6 nitrogen and oxygen atoms in total. The van der Waals surface area contributed by atoms with Crippen LogP contribution in [0.15, 0.2) is 109 Å². The van der Waals surface area contributed by atoms with E-state index in [9.17, 15) is 14.4 Å². The molecule has 0 radical (unpaired) electrons. The van der Waals surface area contributed by atoms with E-state index in [4.69, 9.17) is 14.2 Å². The van der Waals surface area contributed by atoms with Crippen molar-refractivity contribution in [1.82, 2.24) is 0 Å². The van der Waals surface area contributed by atoms with Gasteiger partial charge in [-0.2, -0.15) is 0 Å². The minimum atomic E-state index is -0.792. The van der Waals surface area contributed by atoms with Crippen LogP contribution >= 0.6 is 0 Å². The molecule has 0 aliphatic heterocycles. The zero-order valence-corrected chi connectivity index (χ0v) is 54.7. The Morgan fingerprint density at radius 3 is 0.771 bits per heavy atom. The predicted molar refractivity (Wildman–Crippen MR) is 362 cm³/mol. The number of carbonyl (C=O) groups is 3. The van der Waals surface area contributed by atoms with Crippen molar-refractivity contribution in [1.29, 1.82) is 0 Å². The molecule has 0 spiro atoms. The summed E-state index contributed by atoms with van der Waals surface area (Å²) >= 11 is 0. The van der Waals surface area contributed by atoms with Crippen LogP contribution in [0.2, 0.25) is 0 Å². The van der Waals surface area contributed by atoms with E-state index in [1.54, 1.807) is 0 Å². The Hall–Kier alpha value is -3.93. The van der Waals surface area contributed by atoms with E-state index in [0.29, 0.717) is 19.3 Å². The molecule has 0 aromatic rings. The molecule has 0 aliphatic rings. The summed E-state index contributed by atoms with van der Waals surface area (Å²) in [6.07, 6.45) is 96.7. The summed E-state index contributed by atoms with van der Waals surface area (Å²) in [6, 6.07) is 0. The normalized spacial score (nSPS) is 12.8. The van der Waals surface area contributed by atoms with Crippen molar-refractivity contribution in [3.63, 3.8) is 0 Å². The standard InChI is InChI=1S/C77H132O6/c1-4-7-10-13-16-19-22-25-28-31-33-35-37-38-40-41-43-46-49-52-55-58-61-64-67-70-76(79)82-73-74(72-81-75(78)69-66-63-60-57-54-51-48-45-30-27-24-21-18-15-12-9-6-3)83-77(80)71-68-65-62-59-56-53-50-47-44-42-39-36-34-32-29-26-23-20-17-14-11-8-5-2/h7,10,16,18-19,21,25,27-28,30,32-35,38,40,43,46,74H,4-6,8-9,11-15,17,20,22-24,26,29,31,36-37,39,41-42,44-45,47-73H2,1-3H3/b10-7-,19-16-,21-18-,28-25-,30-27-,34-32-,35-33-,40-38-,46-43-. The van der Waals surface area contributed by atoms with Crippen molar-refractivity contribution in [2.75, 3.05) is 13.2 Å². The number of ether oxygens (including phenoxy) is 3. The second kappa shape index (κ2) is 70.6. The fourth-order valence-corrected chi connectivity index (χ4v) is 9.94. The largest absolute Gasteiger partial charge is 0.462 e. The molecule has 1 unspecified atom stereocenters. The zero-order valence-electron chi connectivity index (χ0n) is 54.7. The molecule has 83 heavy (non-hydrogen) atoms. The van der Waals surface area contributed by atoms with Gasteiger partial charge in [-0.1, -0.05) is 304 Å². The molecule has 0 saturated carbocycles. The molecular weight excluding hydrogens is 1020 g/mol. The lowest BCUT2D eigenvalue weighted by Gasteiger charge is -2.18. The first-order chi connectivity index (χ1) is 41.0. The van der Waals surface area contributed by atoms with Crippen molar-refractivity contribution >= 4 is 17.9 Å². The fourth-order valence-electron chi connectivity index (χ4n) is 9.94. The average molecular weight is 1150 g/mol. The van der Waals surface area contributed by atoms with Crippen LogP contribution in [0.5, 0.6) is 0 Å². The Morgan fingerprint density at radius 1 is 0.253 bits per heavy atom. The quantitative estimate of drug-likeness (QED) is 0.0261. The van der Waals surface area contributed by atoms with Gasteiger partial charge in [-0.3, -0.25) is 14.4 Å². The first-order valence-corrected chi connectivity index (χ1v) is 35.4. The Labute approximate surface area is 514 Å². The van der Waals surface area contributed by atoms with Gasteiger partial charge in [-0.05, 0) is 128 Å². The second-order valence-electron chi connectivity index (χ2n) is 23.4. The highest BCUT2D eigenvalue weighted by atomic mass is 16.6. The van der Waals surface area contributed by atoms with Gasteiger partial charge >= 0.3 is 17.9 Å². The van der Waals surface area contributed by atoms with E-state index >= 15 is 0 Å². The first kappa shape index (κ1) is 79.1. The van der Waals surface area contributed by atoms with E-state index in [1.165, 1.54) is 180 Å². The molecule has 0 heterocycles. The number of hydrogen-bond acceptors (Lipinski definition) is 6. The minimum Gasteiger partial charge on any atom is -0.462 e. The van der Waals surface area contributed by atoms with Crippen LogP contribution in [0.25, 0.3) is 0 Å². The molecule has 0 aromatic heterocycles. The van der Waals surface area contributed by atoms with Gasteiger partial charge in [0.1, 0.15) is 13.2 Å². The molecule has 0 rings (SSSR count). The van der Waals surface area contributed by atoms with E-state index in [1.807, 2.05) is 0 Å². The highest BCUT2D eigenvalue weighted by molar-refractivity contribution is 5.71. The maximum atomic E-state index is 13.0. The van der Waals surface area contributed by atoms with Crippen molar-refractivity contribution in [2.45, 2.75) is 348 Å². The number of carbonyl (C=O) groups excluding carboxylic acids is 3. The summed E-state index contributed by atoms with van der Waals surface area (Å²) in [5.41, 5.74) is 0. The lowest BCUT2D eigenvalue weighted by atomic mass is 10.0. The second-order valence-corrected chi connectivity index (χ2v) is 23.4. The number of unbranched alkanes of at least 4 members (excludes halogenated alkanes) is 35. The van der Waals surface area contributed by atoms with Gasteiger partial charge in [-0.15, -0.1) is 0 Å². The van der Waals surface area contributed by atoms with Gasteiger partial charge < -0.3 is 14.2 Å². The van der Waals surface area contributed by atoms with Crippen LogP contribution < -0.4 is 0 Å². The monoisotopic (exact) mass is 1150 g/mol. The predicted octanol–water partition coefficient (Wildman–Crippen LogP) is 24.6. The van der Waals surface area contributed by atoms with E-state index in [0.717, 1.165) is 122 Å². The Bertz CT molecular complexity index is 1660. The minimum absolute atomic E-state index is 0.0867. The molecule has 1 atom stereocenters. The van der Waals surface area contributed by atoms with Crippen LogP contribution in [0.1, 0.15) is 342 Å². The highest BCUT2D eigenvalue weighted by Crippen LogP contribution is 2.17. The van der Waals surface area contributed by atoms with Crippen LogP contribution in [0, 0.1) is 0 Å². The highest BCUT2D eigenvalue weighted by Gasteiger charge is 2.19. The Balaban J connectivity index is 4.40. The Morgan fingerprint density at radius 2 is 0.470 bits per heavy atom. The summed E-state index contributed by atoms with van der Waals surface area (Å²) in [5.74, 6) is -0.896. The summed E-state index contributed by atoms with van der Waals surface area (Å²) in [4.78, 5) is 38.5. The van der Waals surface area contributed by atoms with Crippen molar-refractivity contribution in [2.24, 2.45) is 0 Å². The third-order valence-corrected chi connectivity index (χ3v) is 15.2. The first-order valence-electron chi connectivity index (χ1n) is 35.4. The van der Waals surface area contributed by atoms with Gasteiger partial charge in [0.15, 0.2) is 6.10 Å². The van der Waals surface area contributed by atoms with E-state index in [2.05, 4.69) is 130 Å². The van der Waals surface area contributed by atoms with Gasteiger partial charge in [0.05, 0.1) is 0 Å². The molecule has 0 amide bonds. The topological polar surface area (TPSA) is 78.9 Å². The van der Waals surface area contributed by atoms with Crippen LogP contribution in [-0.2, 0) is 28.6 Å². The number of hydrogen-bond donors (Lipinski definition) is 0. The lowest BCUT2D eigenvalue weighted by molar-refractivity contribution is -0.167. The van der Waals surface area contributed by atoms with E-state index in [-0.39, 0.29) is 31.1 Å². The fraction of sp³-hybridized carbons (Fsp3) is 0.727. The van der Waals surface area contributed by atoms with Crippen LogP contribution in [-0.4, -0.2) is 37.2 Å². The van der Waals surface area contributed by atoms with Crippen LogP contribution in [0.4, 0.5) is 0 Å². The molecule has 0 aromatic carbocycles. The molecule has 0 aliphatic carbocycles. The maximum absolute atomic E-state index is 13.0. The maximum Gasteiger partial charge on any atom is 0.306 e. The summed E-state index contributed by atoms with van der Waals surface area (Å²) in [6.45, 7) is 6.52. The summed E-state index contributed by atoms with van der Waals surface area (Å²) in [5, 5.41) is 0. The van der Waals surface area contributed by atoms with E-state index < -0.39 is 6.10 Å². The van der Waals surface area contributed by atoms with Crippen molar-refractivity contribution in [3.8, 4) is 0 Å². The van der Waals surface area contributed by atoms with Gasteiger partial charge in [0.25, 0.3) is 0 Å². The average Bonchev–Trinajstić information content (AvgIpc) is 3.49. The molecule has 0 fully saturated rings. The van der Waals surface area contributed by atoms with Gasteiger partial charge in [0, 0.05) is 19.3 Å². The molecule has 0 saturated heterocycles. The van der Waals surface area contributed by atoms with Gasteiger partial charge in [-0.25, -0.2) is 0 Å². The molecule has 476 valence electrons. The third-order valence-electron chi connectivity index (χ3n) is 15.2. The SMILES string of the molecule is CC/C=C\C/C=C\C/C=C\C/C=C\C/C=C\C/C=C\CCCCCCCCC(=O)OCC(COC(=O)CCCCCCCCC/C=C\C/C=C\CCCCC)OC(=O)CCCCCCCCCCCCC/C=C\CCCCCCCCCC.